The van der Waals surface area contributed by atoms with Crippen LogP contribution in [0.4, 0.5) is 4.79 Å². The number of allylic oxidation sites excluding steroid dienone is 1. The number of nitrogens with zero attached hydrogens (tertiary/aromatic N) is 3. The molecule has 84 heavy (non-hydrogen) atoms. The summed E-state index contributed by atoms with van der Waals surface area (Å²) in [7, 11) is -1.43. The zero-order valence-electron chi connectivity index (χ0n) is 48.7. The van der Waals surface area contributed by atoms with E-state index < -0.39 is 48.8 Å². The lowest BCUT2D eigenvalue weighted by molar-refractivity contribution is -0.146. The number of carbonyl (C=O) groups excluding carboxylic acids is 3. The summed E-state index contributed by atoms with van der Waals surface area (Å²) in [4.78, 5) is 64.6. The van der Waals surface area contributed by atoms with Gasteiger partial charge >= 0.3 is 18.0 Å². The highest BCUT2D eigenvalue weighted by molar-refractivity contribution is 8.00. The predicted octanol–water partition coefficient (Wildman–Crippen LogP) is 14.5. The molecule has 1 aliphatic rings. The number of hydrogen-bond donors (Lipinski definition) is 2. The Morgan fingerprint density at radius 3 is 1.85 bits per heavy atom. The minimum absolute atomic E-state index is 0.0330. The van der Waals surface area contributed by atoms with Crippen LogP contribution in [0.3, 0.4) is 0 Å². The van der Waals surface area contributed by atoms with Gasteiger partial charge in [-0.05, 0) is 91.5 Å². The number of fused-ring (bicyclic) bond motifs is 4. The summed E-state index contributed by atoms with van der Waals surface area (Å²) < 4.78 is 11.5. The Labute approximate surface area is 500 Å². The van der Waals surface area contributed by atoms with E-state index >= 15 is 0 Å². The number of hydrogen-bond acceptors (Lipinski definition) is 9. The highest BCUT2D eigenvalue weighted by Gasteiger charge is 2.40. The van der Waals surface area contributed by atoms with E-state index in [1.54, 1.807) is 31.7 Å². The van der Waals surface area contributed by atoms with Crippen LogP contribution >= 0.6 is 11.8 Å². The first-order valence-electron chi connectivity index (χ1n) is 29.1. The van der Waals surface area contributed by atoms with Crippen LogP contribution in [0.15, 0.2) is 212 Å². The van der Waals surface area contributed by atoms with Crippen LogP contribution in [0.1, 0.15) is 77.4 Å². The standard InChI is InChI=1S/C71H76N4O7SSi/c1-51(2)68(69(78)79)75(70(80)82-50-65-63-40-19-17-38-61(63)62-39-18-20-41-64(62)65)59(36-21-22-43-83-71(54-28-9-6-10-29-54,55-30-11-7-12-31-55)56-32-13-8-14-33-56)45-66(76)72-46-57-34-24-35-58(73-57)48-74(49-67(77)81-42-44-84(3,4)5)47-53-27-23-26-52-25-15-16-37-60(52)53/h6-21,23-41,51,59,65,68H,22,42-50H2,1-5H3,(H,72,76)(H,78,79)/b36-21+/t59?,68-/m0/s1. The molecule has 7 aromatic carbocycles. The Kier molecular flexibility index (Phi) is 20.5. The third-order valence-corrected chi connectivity index (χ3v) is 18.7. The highest BCUT2D eigenvalue weighted by atomic mass is 32.2. The summed E-state index contributed by atoms with van der Waals surface area (Å²) in [5.74, 6) is -2.12. The van der Waals surface area contributed by atoms with Crippen LogP contribution in [0.25, 0.3) is 21.9 Å². The molecule has 2 amide bonds. The first-order valence-corrected chi connectivity index (χ1v) is 33.8. The number of carboxylic acid groups (broad SMARTS) is 1. The lowest BCUT2D eigenvalue weighted by Gasteiger charge is -2.36. The molecule has 0 radical (unpaired) electrons. The fourth-order valence-corrected chi connectivity index (χ4v) is 13.5. The number of aliphatic carboxylic acids is 1. The molecule has 1 aromatic heterocycles. The Bertz CT molecular complexity index is 3390. The molecule has 0 saturated heterocycles. The molecule has 8 aromatic rings. The summed E-state index contributed by atoms with van der Waals surface area (Å²) in [6, 6.07) is 66.0. The highest BCUT2D eigenvalue weighted by Crippen LogP contribution is 2.49. The van der Waals surface area contributed by atoms with Crippen molar-refractivity contribution in [3.63, 3.8) is 0 Å². The van der Waals surface area contributed by atoms with Crippen LogP contribution < -0.4 is 5.32 Å². The van der Waals surface area contributed by atoms with E-state index in [0.717, 1.165) is 61.3 Å². The first kappa shape index (κ1) is 60.5. The van der Waals surface area contributed by atoms with Gasteiger partial charge in [0.05, 0.1) is 48.3 Å². The number of carbonyl (C=O) groups is 4. The average Bonchev–Trinajstić information content (AvgIpc) is 2.67. The summed E-state index contributed by atoms with van der Waals surface area (Å²) in [6.45, 7) is 11.6. The fourth-order valence-electron chi connectivity index (χ4n) is 11.3. The summed E-state index contributed by atoms with van der Waals surface area (Å²) in [6.07, 6.45) is 3.20. The van der Waals surface area contributed by atoms with Gasteiger partial charge in [0.25, 0.3) is 0 Å². The van der Waals surface area contributed by atoms with Gasteiger partial charge in [-0.2, -0.15) is 0 Å². The topological polar surface area (TPSA) is 138 Å². The number of benzene rings is 7. The zero-order valence-corrected chi connectivity index (χ0v) is 50.6. The first-order chi connectivity index (χ1) is 40.7. The molecule has 2 atom stereocenters. The van der Waals surface area contributed by atoms with Crippen molar-refractivity contribution >= 4 is 54.5 Å². The second-order valence-electron chi connectivity index (χ2n) is 23.1. The molecule has 0 saturated carbocycles. The second-order valence-corrected chi connectivity index (χ2v) is 30.0. The lowest BCUT2D eigenvalue weighted by Crippen LogP contribution is -2.54. The van der Waals surface area contributed by atoms with Crippen molar-refractivity contribution in [1.29, 1.82) is 0 Å². The van der Waals surface area contributed by atoms with Gasteiger partial charge in [-0.1, -0.05) is 234 Å². The van der Waals surface area contributed by atoms with Gasteiger partial charge in [-0.15, -0.1) is 11.8 Å². The summed E-state index contributed by atoms with van der Waals surface area (Å²) >= 11 is 1.79. The quantitative estimate of drug-likeness (QED) is 0.0168. The van der Waals surface area contributed by atoms with Gasteiger partial charge in [0.15, 0.2) is 0 Å². The molecule has 2 N–H and O–H groups in total. The molecule has 1 aliphatic carbocycles. The van der Waals surface area contributed by atoms with Gasteiger partial charge in [0.2, 0.25) is 5.91 Å². The van der Waals surface area contributed by atoms with Crippen molar-refractivity contribution in [2.75, 3.05) is 25.5 Å². The van der Waals surface area contributed by atoms with E-state index in [9.17, 15) is 24.3 Å². The van der Waals surface area contributed by atoms with Crippen molar-refractivity contribution in [1.82, 2.24) is 20.1 Å². The van der Waals surface area contributed by atoms with E-state index in [-0.39, 0.29) is 38.0 Å². The molecular formula is C71H76N4O7SSi. The molecule has 13 heteroatoms. The van der Waals surface area contributed by atoms with Crippen LogP contribution in [-0.2, 0) is 48.2 Å². The number of thioether (sulfide) groups is 1. The number of aromatic nitrogens is 1. The fraction of sp³-hybridized carbons (Fsp3) is 0.282. The maximum absolute atomic E-state index is 15.0. The van der Waals surface area contributed by atoms with Gasteiger partial charge in [-0.25, -0.2) is 9.59 Å². The second kappa shape index (κ2) is 28.5. The van der Waals surface area contributed by atoms with E-state index in [2.05, 4.69) is 134 Å². The Morgan fingerprint density at radius 2 is 1.24 bits per heavy atom. The lowest BCUT2D eigenvalue weighted by atomic mass is 9.84. The summed E-state index contributed by atoms with van der Waals surface area (Å²) in [5, 5.41) is 16.2. The molecule has 9 rings (SSSR count). The van der Waals surface area contributed by atoms with Crippen molar-refractivity contribution in [2.24, 2.45) is 5.92 Å². The van der Waals surface area contributed by atoms with Gasteiger partial charge < -0.3 is 19.9 Å². The predicted molar refractivity (Wildman–Crippen MR) is 340 cm³/mol. The number of carboxylic acids is 1. The van der Waals surface area contributed by atoms with Crippen LogP contribution in [0.5, 0.6) is 0 Å². The molecule has 11 nitrogen and oxygen atoms in total. The monoisotopic (exact) mass is 1160 g/mol. The largest absolute Gasteiger partial charge is 0.480 e. The number of amides is 2. The minimum atomic E-state index is -1.43. The van der Waals surface area contributed by atoms with E-state index in [1.165, 1.54) is 4.90 Å². The molecule has 0 aliphatic heterocycles. The molecule has 1 unspecified atom stereocenters. The maximum Gasteiger partial charge on any atom is 0.411 e. The van der Waals surface area contributed by atoms with Crippen LogP contribution in [0, 0.1) is 5.92 Å². The molecule has 0 bridgehead atoms. The molecule has 432 valence electrons. The molecule has 0 fully saturated rings. The van der Waals surface area contributed by atoms with Crippen molar-refractivity contribution in [3.05, 3.63) is 257 Å². The average molecular weight is 1160 g/mol. The number of esters is 1. The van der Waals surface area contributed by atoms with Crippen molar-refractivity contribution in [2.45, 2.75) is 94.8 Å². The molecule has 1 heterocycles. The van der Waals surface area contributed by atoms with Crippen LogP contribution in [-0.4, -0.2) is 89.5 Å². The van der Waals surface area contributed by atoms with E-state index in [1.807, 2.05) is 102 Å². The summed E-state index contributed by atoms with van der Waals surface area (Å²) in [5.41, 5.74) is 9.91. The third kappa shape index (κ3) is 15.2. The third-order valence-electron chi connectivity index (χ3n) is 15.4. The molecule has 0 spiro atoms. The maximum atomic E-state index is 15.0. The van der Waals surface area contributed by atoms with Crippen molar-refractivity contribution < 1.29 is 33.8 Å². The van der Waals surface area contributed by atoms with E-state index in [4.69, 9.17) is 14.5 Å². The SMILES string of the molecule is CC(C)[C@@H](C(=O)O)N(C(=O)OCC1c2ccccc2-c2ccccc21)C(/C=C/CCSC(c1ccccc1)(c1ccccc1)c1ccccc1)CC(=O)NCc1cccc(CN(CC(=O)OCC[Si](C)(C)C)Cc2cccc3ccccc23)n1. The Balaban J connectivity index is 0.972. The van der Waals surface area contributed by atoms with Gasteiger partial charge in [0.1, 0.15) is 12.6 Å². The number of rotatable bonds is 27. The zero-order chi connectivity index (χ0) is 59.1. The van der Waals surface area contributed by atoms with Gasteiger partial charge in [-0.3, -0.25) is 24.4 Å². The number of ether oxygens (including phenoxy) is 2. The van der Waals surface area contributed by atoms with Crippen LogP contribution in [0.2, 0.25) is 25.7 Å². The Morgan fingerprint density at radius 1 is 0.679 bits per heavy atom. The normalized spacial score (nSPS) is 13.1. The smallest absolute Gasteiger partial charge is 0.411 e. The van der Waals surface area contributed by atoms with E-state index in [0.29, 0.717) is 43.3 Å². The molecular weight excluding hydrogens is 1080 g/mol. The minimum Gasteiger partial charge on any atom is -0.480 e. The van der Waals surface area contributed by atoms with Gasteiger partial charge in [0, 0.05) is 27.1 Å². The number of pyridine rings is 1. The number of nitrogens with one attached hydrogen (secondary N) is 1. The Hall–Kier alpha value is -8.10. The van der Waals surface area contributed by atoms with Crippen molar-refractivity contribution in [3.8, 4) is 11.1 Å².